The molecule has 2 aliphatic heterocycles. The molecule has 1 unspecified atom stereocenters. The number of epoxide rings is 1. The molecule has 46 valence electrons. The van der Waals surface area contributed by atoms with E-state index in [-0.39, 0.29) is 0 Å². The lowest BCUT2D eigenvalue weighted by Crippen LogP contribution is -2.18. The van der Waals surface area contributed by atoms with E-state index in [2.05, 4.69) is 11.9 Å². The smallest absolute Gasteiger partial charge is 0.105 e. The minimum Gasteiger partial charge on any atom is -0.368 e. The number of nitrogens with zero attached hydrogens (tertiary/aromatic N) is 1. The predicted molar refractivity (Wildman–Crippen MR) is 30.8 cm³/mol. The third-order valence-electron chi connectivity index (χ3n) is 2.06. The molecule has 0 saturated carbocycles. The maximum absolute atomic E-state index is 5.29. The first kappa shape index (κ1) is 4.77. The molecule has 8 heavy (non-hydrogen) atoms. The summed E-state index contributed by atoms with van der Waals surface area (Å²) in [6.07, 6.45) is 1.25. The second-order valence-electron chi connectivity index (χ2n) is 2.96. The van der Waals surface area contributed by atoms with Crippen molar-refractivity contribution in [1.82, 2.24) is 4.90 Å². The minimum atomic E-state index is 0.342. The van der Waals surface area contributed by atoms with Crippen LogP contribution >= 0.6 is 0 Å². The van der Waals surface area contributed by atoms with Crippen LogP contribution in [0.3, 0.4) is 0 Å². The second kappa shape index (κ2) is 1.25. The number of hydrogen-bond donors (Lipinski definition) is 0. The normalized spacial score (nSPS) is 46.1. The van der Waals surface area contributed by atoms with Crippen molar-refractivity contribution in [2.24, 2.45) is 0 Å². The Balaban J connectivity index is 2.03. The molecule has 0 aromatic heterocycles. The summed E-state index contributed by atoms with van der Waals surface area (Å²) in [5.74, 6) is 0. The second-order valence-corrected chi connectivity index (χ2v) is 2.96. The third-order valence-corrected chi connectivity index (χ3v) is 2.06. The zero-order chi connectivity index (χ0) is 5.61. The van der Waals surface area contributed by atoms with Crippen LogP contribution in [0.2, 0.25) is 0 Å². The van der Waals surface area contributed by atoms with Gasteiger partial charge in [0.15, 0.2) is 0 Å². The lowest BCUT2D eigenvalue weighted by Gasteiger charge is -2.03. The van der Waals surface area contributed by atoms with Crippen molar-refractivity contribution < 1.29 is 4.74 Å². The van der Waals surface area contributed by atoms with Crippen LogP contribution in [-0.2, 0) is 4.74 Å². The molecule has 2 saturated heterocycles. The van der Waals surface area contributed by atoms with E-state index in [4.69, 9.17) is 4.74 Å². The lowest BCUT2D eigenvalue weighted by atomic mass is 10.1. The Bertz CT molecular complexity index is 109. The fraction of sp³-hybridized carbons (Fsp3) is 1.00. The van der Waals surface area contributed by atoms with E-state index in [0.29, 0.717) is 5.60 Å². The van der Waals surface area contributed by atoms with Crippen molar-refractivity contribution in [1.29, 1.82) is 0 Å². The molecule has 0 aromatic carbocycles. The highest BCUT2D eigenvalue weighted by Gasteiger charge is 2.48. The summed E-state index contributed by atoms with van der Waals surface area (Å²) in [7, 11) is 2.15. The average molecular weight is 113 g/mol. The summed E-state index contributed by atoms with van der Waals surface area (Å²) >= 11 is 0. The Hall–Kier alpha value is -0.0800. The molecule has 2 rings (SSSR count). The molecule has 0 radical (unpaired) electrons. The van der Waals surface area contributed by atoms with E-state index < -0.39 is 0 Å². The molecule has 2 heteroatoms. The van der Waals surface area contributed by atoms with E-state index in [1.165, 1.54) is 13.0 Å². The molecular formula is C6H11NO. The van der Waals surface area contributed by atoms with Crippen LogP contribution in [0.25, 0.3) is 0 Å². The summed E-state index contributed by atoms with van der Waals surface area (Å²) in [6, 6.07) is 0. The van der Waals surface area contributed by atoms with Crippen LogP contribution in [-0.4, -0.2) is 37.2 Å². The SMILES string of the molecule is CN1CCC2(CO2)C1. The predicted octanol–water partition coefficient (Wildman–Crippen LogP) is 0.0909. The molecule has 0 aliphatic carbocycles. The molecule has 0 amide bonds. The van der Waals surface area contributed by atoms with Crippen LogP contribution in [0.5, 0.6) is 0 Å². The van der Waals surface area contributed by atoms with Crippen molar-refractivity contribution in [3.05, 3.63) is 0 Å². The summed E-state index contributed by atoms with van der Waals surface area (Å²) in [5.41, 5.74) is 0.342. The van der Waals surface area contributed by atoms with Gasteiger partial charge in [0.1, 0.15) is 5.60 Å². The Morgan fingerprint density at radius 2 is 2.38 bits per heavy atom. The third kappa shape index (κ3) is 0.565. The van der Waals surface area contributed by atoms with Gasteiger partial charge in [0.05, 0.1) is 6.61 Å². The number of rotatable bonds is 0. The van der Waals surface area contributed by atoms with Gasteiger partial charge >= 0.3 is 0 Å². The van der Waals surface area contributed by atoms with Crippen molar-refractivity contribution in [3.8, 4) is 0 Å². The van der Waals surface area contributed by atoms with Gasteiger partial charge in [0.2, 0.25) is 0 Å². The summed E-state index contributed by atoms with van der Waals surface area (Å²) in [5, 5.41) is 0. The Kier molecular flexibility index (Phi) is 0.746. The van der Waals surface area contributed by atoms with E-state index in [0.717, 1.165) is 13.2 Å². The highest BCUT2D eigenvalue weighted by atomic mass is 16.6. The van der Waals surface area contributed by atoms with Crippen LogP contribution < -0.4 is 0 Å². The first-order valence-electron chi connectivity index (χ1n) is 3.13. The quantitative estimate of drug-likeness (QED) is 0.414. The largest absolute Gasteiger partial charge is 0.368 e. The standard InChI is InChI=1S/C6H11NO/c1-7-3-2-6(4-7)5-8-6/h2-5H2,1H3. The maximum atomic E-state index is 5.29. The van der Waals surface area contributed by atoms with Crippen LogP contribution in [0.4, 0.5) is 0 Å². The van der Waals surface area contributed by atoms with Crippen LogP contribution in [0, 0.1) is 0 Å². The molecule has 2 nitrogen and oxygen atoms in total. The summed E-state index contributed by atoms with van der Waals surface area (Å²) in [4.78, 5) is 2.33. The zero-order valence-electron chi connectivity index (χ0n) is 5.18. The molecule has 0 N–H and O–H groups in total. The van der Waals surface area contributed by atoms with Gasteiger partial charge in [-0.05, 0) is 13.5 Å². The monoisotopic (exact) mass is 113 g/mol. The van der Waals surface area contributed by atoms with Crippen molar-refractivity contribution in [2.45, 2.75) is 12.0 Å². The zero-order valence-corrected chi connectivity index (χ0v) is 5.18. The number of ether oxygens (including phenoxy) is 1. The highest BCUT2D eigenvalue weighted by molar-refractivity contribution is 4.99. The maximum Gasteiger partial charge on any atom is 0.105 e. The number of hydrogen-bond acceptors (Lipinski definition) is 2. The van der Waals surface area contributed by atoms with Crippen molar-refractivity contribution in [3.63, 3.8) is 0 Å². The Morgan fingerprint density at radius 3 is 2.62 bits per heavy atom. The lowest BCUT2D eigenvalue weighted by molar-refractivity contribution is 0.297. The molecule has 2 aliphatic rings. The fourth-order valence-corrected chi connectivity index (χ4v) is 1.38. The van der Waals surface area contributed by atoms with Crippen LogP contribution in [0.1, 0.15) is 6.42 Å². The van der Waals surface area contributed by atoms with Gasteiger partial charge in [0, 0.05) is 13.1 Å². The molecule has 1 atom stereocenters. The van der Waals surface area contributed by atoms with Gasteiger partial charge in [-0.3, -0.25) is 0 Å². The van der Waals surface area contributed by atoms with Gasteiger partial charge < -0.3 is 9.64 Å². The molecule has 2 fully saturated rings. The van der Waals surface area contributed by atoms with E-state index >= 15 is 0 Å². The molecular weight excluding hydrogens is 102 g/mol. The fourth-order valence-electron chi connectivity index (χ4n) is 1.38. The van der Waals surface area contributed by atoms with Gasteiger partial charge in [0.25, 0.3) is 0 Å². The number of likely N-dealkylation sites (N-methyl/N-ethyl adjacent to an activating group) is 1. The Labute approximate surface area is 49.4 Å². The average Bonchev–Trinajstić information content (AvgIpc) is 2.34. The molecule has 0 bridgehead atoms. The van der Waals surface area contributed by atoms with Crippen molar-refractivity contribution >= 4 is 0 Å². The van der Waals surface area contributed by atoms with Crippen molar-refractivity contribution in [2.75, 3.05) is 26.7 Å². The van der Waals surface area contributed by atoms with E-state index in [9.17, 15) is 0 Å². The van der Waals surface area contributed by atoms with E-state index in [1.807, 2.05) is 0 Å². The van der Waals surface area contributed by atoms with Gasteiger partial charge in [-0.2, -0.15) is 0 Å². The summed E-state index contributed by atoms with van der Waals surface area (Å²) in [6.45, 7) is 3.39. The molecule has 1 spiro atoms. The Morgan fingerprint density at radius 1 is 1.62 bits per heavy atom. The highest BCUT2D eigenvalue weighted by Crippen LogP contribution is 2.35. The first-order chi connectivity index (χ1) is 3.81. The summed E-state index contributed by atoms with van der Waals surface area (Å²) < 4.78 is 5.29. The number of likely N-dealkylation sites (tertiary alicyclic amines) is 1. The molecule has 2 heterocycles. The first-order valence-corrected chi connectivity index (χ1v) is 3.13. The van der Waals surface area contributed by atoms with Crippen LogP contribution in [0.15, 0.2) is 0 Å². The topological polar surface area (TPSA) is 15.8 Å². The molecule has 0 aromatic rings. The minimum absolute atomic E-state index is 0.342. The van der Waals surface area contributed by atoms with Gasteiger partial charge in [-0.15, -0.1) is 0 Å². The van der Waals surface area contributed by atoms with Gasteiger partial charge in [-0.1, -0.05) is 0 Å². The van der Waals surface area contributed by atoms with Gasteiger partial charge in [-0.25, -0.2) is 0 Å². The van der Waals surface area contributed by atoms with E-state index in [1.54, 1.807) is 0 Å².